The second kappa shape index (κ2) is 3.88. The number of allylic oxidation sites excluding steroid dienone is 2. The highest BCUT2D eigenvalue weighted by Gasteiger charge is 2.12. The van der Waals surface area contributed by atoms with Gasteiger partial charge < -0.3 is 0 Å². The second-order valence-electron chi connectivity index (χ2n) is 3.65. The topological polar surface area (TPSA) is 12.4 Å². The molecule has 1 aliphatic heterocycles. The van der Waals surface area contributed by atoms with Gasteiger partial charge in [-0.15, -0.1) is 0 Å². The summed E-state index contributed by atoms with van der Waals surface area (Å²) in [5.41, 5.74) is 2.82. The highest BCUT2D eigenvalue weighted by atomic mass is 14.7. The van der Waals surface area contributed by atoms with Crippen molar-refractivity contribution in [2.45, 2.75) is 44.9 Å². The van der Waals surface area contributed by atoms with Gasteiger partial charge in [0.2, 0.25) is 0 Å². The molecule has 0 saturated carbocycles. The minimum atomic E-state index is 1.06. The van der Waals surface area contributed by atoms with Crippen molar-refractivity contribution in [3.8, 4) is 0 Å². The minimum Gasteiger partial charge on any atom is -0.289 e. The minimum absolute atomic E-state index is 1.06. The van der Waals surface area contributed by atoms with Gasteiger partial charge in [-0.3, -0.25) is 4.99 Å². The predicted octanol–water partition coefficient (Wildman–Crippen LogP) is 2.91. The molecule has 0 aromatic heterocycles. The van der Waals surface area contributed by atoms with E-state index in [0.29, 0.717) is 0 Å². The molecule has 0 fully saturated rings. The smallest absolute Gasteiger partial charge is 0.0392 e. The Morgan fingerprint density at radius 2 is 1.92 bits per heavy atom. The lowest BCUT2D eigenvalue weighted by molar-refractivity contribution is 0.687. The summed E-state index contributed by atoms with van der Waals surface area (Å²) < 4.78 is 0. The summed E-state index contributed by atoms with van der Waals surface area (Å²) >= 11 is 0. The maximum Gasteiger partial charge on any atom is 0.0392 e. The van der Waals surface area contributed by atoms with E-state index in [2.05, 4.69) is 11.1 Å². The van der Waals surface area contributed by atoms with Crippen LogP contribution in [-0.4, -0.2) is 12.3 Å². The summed E-state index contributed by atoms with van der Waals surface area (Å²) in [7, 11) is 0. The van der Waals surface area contributed by atoms with E-state index in [1.165, 1.54) is 49.8 Å². The van der Waals surface area contributed by atoms with Crippen LogP contribution in [0.15, 0.2) is 10.6 Å². The maximum atomic E-state index is 4.57. The van der Waals surface area contributed by atoms with Gasteiger partial charge in [-0.1, -0.05) is 0 Å². The molecule has 0 atom stereocenters. The van der Waals surface area contributed by atoms with E-state index in [-0.39, 0.29) is 0 Å². The van der Waals surface area contributed by atoms with E-state index in [9.17, 15) is 0 Å². The van der Waals surface area contributed by atoms with Gasteiger partial charge >= 0.3 is 0 Å². The van der Waals surface area contributed by atoms with Gasteiger partial charge in [-0.25, -0.2) is 0 Å². The molecule has 0 unspecified atom stereocenters. The molecule has 1 heterocycles. The predicted molar refractivity (Wildman–Crippen MR) is 51.4 cm³/mol. The molecule has 0 spiro atoms. The molecule has 0 amide bonds. The van der Waals surface area contributed by atoms with Crippen LogP contribution in [0.3, 0.4) is 0 Å². The third kappa shape index (κ3) is 1.77. The number of hydrogen-bond donors (Lipinski definition) is 0. The van der Waals surface area contributed by atoms with Gasteiger partial charge in [-0.2, -0.15) is 0 Å². The molecule has 0 aromatic carbocycles. The van der Waals surface area contributed by atoms with Crippen molar-refractivity contribution in [3.05, 3.63) is 11.6 Å². The first kappa shape index (κ1) is 8.03. The molecule has 1 heteroatoms. The molecular formula is C11H16N. The molecule has 1 radical (unpaired) electrons. The monoisotopic (exact) mass is 162 g/mol. The van der Waals surface area contributed by atoms with Gasteiger partial charge in [0, 0.05) is 12.3 Å². The molecule has 0 N–H and O–H groups in total. The second-order valence-corrected chi connectivity index (χ2v) is 3.65. The van der Waals surface area contributed by atoms with E-state index < -0.39 is 0 Å². The molecule has 1 aliphatic carbocycles. The maximum absolute atomic E-state index is 4.57. The zero-order valence-corrected chi connectivity index (χ0v) is 7.60. The first-order valence-corrected chi connectivity index (χ1v) is 5.10. The Morgan fingerprint density at radius 3 is 2.58 bits per heavy atom. The lowest BCUT2D eigenvalue weighted by Crippen LogP contribution is -2.11. The lowest BCUT2D eigenvalue weighted by atomic mass is 9.92. The molecule has 0 bridgehead atoms. The number of rotatable bonds is 1. The van der Waals surface area contributed by atoms with Crippen LogP contribution in [0.25, 0.3) is 0 Å². The van der Waals surface area contributed by atoms with Crippen LogP contribution < -0.4 is 0 Å². The van der Waals surface area contributed by atoms with Gasteiger partial charge in [0.15, 0.2) is 0 Å². The van der Waals surface area contributed by atoms with Crippen molar-refractivity contribution in [2.75, 3.05) is 6.54 Å². The van der Waals surface area contributed by atoms with Crippen LogP contribution in [0.4, 0.5) is 0 Å². The first-order valence-electron chi connectivity index (χ1n) is 5.10. The Bertz CT molecular complexity index is 189. The zero-order valence-electron chi connectivity index (χ0n) is 7.60. The van der Waals surface area contributed by atoms with Crippen LogP contribution in [0.2, 0.25) is 0 Å². The molecule has 65 valence electrons. The van der Waals surface area contributed by atoms with E-state index in [1.54, 1.807) is 0 Å². The Balaban J connectivity index is 2.06. The fourth-order valence-corrected chi connectivity index (χ4v) is 1.94. The number of nitrogens with zero attached hydrogens (tertiary/aromatic N) is 1. The van der Waals surface area contributed by atoms with Gasteiger partial charge in [0.05, 0.1) is 0 Å². The van der Waals surface area contributed by atoms with Gasteiger partial charge in [0.1, 0.15) is 0 Å². The van der Waals surface area contributed by atoms with Crippen molar-refractivity contribution in [1.29, 1.82) is 0 Å². The summed E-state index contributed by atoms with van der Waals surface area (Å²) in [6.45, 7) is 1.06. The average molecular weight is 162 g/mol. The van der Waals surface area contributed by atoms with Crippen molar-refractivity contribution < 1.29 is 0 Å². The zero-order chi connectivity index (χ0) is 8.23. The van der Waals surface area contributed by atoms with Crippen LogP contribution in [0.1, 0.15) is 44.9 Å². The SMILES string of the molecule is [C]1=C(C2=NCCCC2)CCCC1. The summed E-state index contributed by atoms with van der Waals surface area (Å²) in [5.74, 6) is 0. The Labute approximate surface area is 74.6 Å². The Morgan fingerprint density at radius 1 is 1.00 bits per heavy atom. The standard InChI is InChI=1S/C11H16N/c1-2-6-10(7-3-1)11-8-4-5-9-12-11/h1-6,8-9H2. The summed E-state index contributed by atoms with van der Waals surface area (Å²) in [5, 5.41) is 0. The molecule has 2 aliphatic rings. The van der Waals surface area contributed by atoms with Crippen LogP contribution >= 0.6 is 0 Å². The van der Waals surface area contributed by atoms with Crippen molar-refractivity contribution >= 4 is 5.71 Å². The molecule has 12 heavy (non-hydrogen) atoms. The van der Waals surface area contributed by atoms with Crippen molar-refractivity contribution in [2.24, 2.45) is 4.99 Å². The van der Waals surface area contributed by atoms with Gasteiger partial charge in [0.25, 0.3) is 0 Å². The van der Waals surface area contributed by atoms with Crippen LogP contribution in [0.5, 0.6) is 0 Å². The fraction of sp³-hybridized carbons (Fsp3) is 0.727. The third-order valence-corrected chi connectivity index (χ3v) is 2.66. The molecule has 0 aromatic rings. The first-order chi connectivity index (χ1) is 5.97. The van der Waals surface area contributed by atoms with Crippen molar-refractivity contribution in [3.63, 3.8) is 0 Å². The van der Waals surface area contributed by atoms with E-state index >= 15 is 0 Å². The summed E-state index contributed by atoms with van der Waals surface area (Å²) in [6.07, 6.45) is 12.4. The van der Waals surface area contributed by atoms with E-state index in [0.717, 1.165) is 13.0 Å². The molecule has 0 saturated heterocycles. The Kier molecular flexibility index (Phi) is 2.60. The number of hydrogen-bond acceptors (Lipinski definition) is 1. The fourth-order valence-electron chi connectivity index (χ4n) is 1.94. The molecule has 2 rings (SSSR count). The quantitative estimate of drug-likeness (QED) is 0.562. The summed E-state index contributed by atoms with van der Waals surface area (Å²) in [6, 6.07) is 0. The third-order valence-electron chi connectivity index (χ3n) is 2.66. The average Bonchev–Trinajstić information content (AvgIpc) is 2.21. The van der Waals surface area contributed by atoms with E-state index in [4.69, 9.17) is 0 Å². The lowest BCUT2D eigenvalue weighted by Gasteiger charge is -2.17. The van der Waals surface area contributed by atoms with Crippen LogP contribution in [-0.2, 0) is 0 Å². The van der Waals surface area contributed by atoms with Crippen LogP contribution in [0, 0.1) is 6.08 Å². The highest BCUT2D eigenvalue weighted by molar-refractivity contribution is 6.00. The Hall–Kier alpha value is -0.590. The van der Waals surface area contributed by atoms with E-state index in [1.807, 2.05) is 0 Å². The molecule has 1 nitrogen and oxygen atoms in total. The number of aliphatic imine (C=N–C) groups is 1. The largest absolute Gasteiger partial charge is 0.289 e. The van der Waals surface area contributed by atoms with Crippen molar-refractivity contribution in [1.82, 2.24) is 0 Å². The normalized spacial score (nSPS) is 24.7. The summed E-state index contributed by atoms with van der Waals surface area (Å²) in [4.78, 5) is 4.57. The highest BCUT2D eigenvalue weighted by Crippen LogP contribution is 2.22. The van der Waals surface area contributed by atoms with Gasteiger partial charge in [-0.05, 0) is 56.6 Å². The molecular weight excluding hydrogens is 146 g/mol.